The van der Waals surface area contributed by atoms with Gasteiger partial charge in [0.1, 0.15) is 11.6 Å². The Morgan fingerprint density at radius 2 is 2.21 bits per heavy atom. The molecule has 1 atom stereocenters. The average Bonchev–Trinajstić information content (AvgIpc) is 2.61. The van der Waals surface area contributed by atoms with Crippen LogP contribution in [0.4, 0.5) is 15.9 Å². The van der Waals surface area contributed by atoms with Crippen molar-refractivity contribution in [3.05, 3.63) is 54.0 Å². The summed E-state index contributed by atoms with van der Waals surface area (Å²) in [4.78, 5) is 21.7. The zero-order valence-electron chi connectivity index (χ0n) is 13.0. The van der Waals surface area contributed by atoms with E-state index in [0.29, 0.717) is 18.1 Å². The van der Waals surface area contributed by atoms with Gasteiger partial charge in [0.15, 0.2) is 6.29 Å². The van der Waals surface area contributed by atoms with Crippen molar-refractivity contribution in [2.45, 2.75) is 25.6 Å². The van der Waals surface area contributed by atoms with E-state index in [1.807, 2.05) is 0 Å². The van der Waals surface area contributed by atoms with Crippen LogP contribution >= 0.6 is 0 Å². The van der Waals surface area contributed by atoms with Crippen molar-refractivity contribution in [1.82, 2.24) is 10.5 Å². The van der Waals surface area contributed by atoms with Gasteiger partial charge < -0.3 is 10.1 Å². The molecule has 1 amide bonds. The molecule has 24 heavy (non-hydrogen) atoms. The molecule has 1 aliphatic rings. The quantitative estimate of drug-likeness (QED) is 0.824. The molecule has 0 saturated carbocycles. The number of nitrogens with zero attached hydrogens (tertiary/aromatic N) is 1. The second kappa shape index (κ2) is 7.85. The molecule has 126 valence electrons. The predicted molar refractivity (Wildman–Crippen MR) is 86.1 cm³/mol. The number of benzene rings is 1. The number of amides is 1. The van der Waals surface area contributed by atoms with Crippen LogP contribution in [0.3, 0.4) is 0 Å². The van der Waals surface area contributed by atoms with Crippen molar-refractivity contribution in [2.24, 2.45) is 0 Å². The predicted octanol–water partition coefficient (Wildman–Crippen LogP) is 3.15. The maximum Gasteiger partial charge on any atom is 0.278 e. The number of nitrogens with one attached hydrogen (secondary N) is 2. The molecule has 1 aromatic heterocycles. The third-order valence-electron chi connectivity index (χ3n) is 3.56. The Bertz CT molecular complexity index is 705. The van der Waals surface area contributed by atoms with Gasteiger partial charge in [0.2, 0.25) is 0 Å². The van der Waals surface area contributed by atoms with E-state index < -0.39 is 12.2 Å². The van der Waals surface area contributed by atoms with Crippen molar-refractivity contribution >= 4 is 17.4 Å². The highest BCUT2D eigenvalue weighted by atomic mass is 19.1. The number of hydrogen-bond donors (Lipinski definition) is 2. The SMILES string of the molecule is O=C(NOC1CCCCO1)c1cccnc1Nc1cccc(F)c1. The van der Waals surface area contributed by atoms with E-state index in [1.54, 1.807) is 30.5 Å². The molecule has 0 radical (unpaired) electrons. The molecular formula is C17H18FN3O3. The number of halogens is 1. The van der Waals surface area contributed by atoms with Crippen LogP contribution in [0.2, 0.25) is 0 Å². The zero-order chi connectivity index (χ0) is 16.8. The van der Waals surface area contributed by atoms with E-state index in [4.69, 9.17) is 9.57 Å². The molecule has 3 rings (SSSR count). The summed E-state index contributed by atoms with van der Waals surface area (Å²) in [5, 5.41) is 2.93. The lowest BCUT2D eigenvalue weighted by atomic mass is 10.2. The van der Waals surface area contributed by atoms with Crippen molar-refractivity contribution in [3.63, 3.8) is 0 Å². The molecule has 0 aliphatic carbocycles. The fourth-order valence-corrected chi connectivity index (χ4v) is 2.37. The summed E-state index contributed by atoms with van der Waals surface area (Å²) in [6.45, 7) is 0.625. The lowest BCUT2D eigenvalue weighted by Gasteiger charge is -2.22. The highest BCUT2D eigenvalue weighted by molar-refractivity contribution is 5.98. The first-order valence-corrected chi connectivity index (χ1v) is 7.77. The Kier molecular flexibility index (Phi) is 5.35. The Hall–Kier alpha value is -2.51. The first kappa shape index (κ1) is 16.4. The van der Waals surface area contributed by atoms with Gasteiger partial charge in [0.25, 0.3) is 5.91 Å². The van der Waals surface area contributed by atoms with E-state index in [2.05, 4.69) is 15.8 Å². The summed E-state index contributed by atoms with van der Waals surface area (Å²) in [6.07, 6.45) is 3.85. The minimum absolute atomic E-state index is 0.289. The topological polar surface area (TPSA) is 72.5 Å². The maximum absolute atomic E-state index is 13.3. The number of hydrogen-bond acceptors (Lipinski definition) is 5. The lowest BCUT2D eigenvalue weighted by Crippen LogP contribution is -2.33. The number of carbonyl (C=O) groups is 1. The molecular weight excluding hydrogens is 313 g/mol. The molecule has 2 heterocycles. The molecule has 7 heteroatoms. The van der Waals surface area contributed by atoms with Crippen LogP contribution in [0.1, 0.15) is 29.6 Å². The van der Waals surface area contributed by atoms with Gasteiger partial charge in [-0.15, -0.1) is 0 Å². The molecule has 2 N–H and O–H groups in total. The summed E-state index contributed by atoms with van der Waals surface area (Å²) < 4.78 is 18.7. The summed E-state index contributed by atoms with van der Waals surface area (Å²) in [7, 11) is 0. The van der Waals surface area contributed by atoms with Gasteiger partial charge >= 0.3 is 0 Å². The van der Waals surface area contributed by atoms with Crippen LogP contribution in [-0.4, -0.2) is 23.8 Å². The summed E-state index contributed by atoms with van der Waals surface area (Å²) >= 11 is 0. The van der Waals surface area contributed by atoms with E-state index in [9.17, 15) is 9.18 Å². The maximum atomic E-state index is 13.3. The second-order valence-electron chi connectivity index (χ2n) is 5.38. The molecule has 1 aromatic carbocycles. The summed E-state index contributed by atoms with van der Waals surface area (Å²) in [5.41, 5.74) is 3.18. The largest absolute Gasteiger partial charge is 0.350 e. The fraction of sp³-hybridized carbons (Fsp3) is 0.294. The highest BCUT2D eigenvalue weighted by Crippen LogP contribution is 2.19. The molecule has 1 unspecified atom stereocenters. The third kappa shape index (κ3) is 4.27. The zero-order valence-corrected chi connectivity index (χ0v) is 13.0. The average molecular weight is 331 g/mol. The minimum atomic E-state index is -0.448. The van der Waals surface area contributed by atoms with Crippen molar-refractivity contribution in [1.29, 1.82) is 0 Å². The van der Waals surface area contributed by atoms with Gasteiger partial charge in [-0.1, -0.05) is 6.07 Å². The van der Waals surface area contributed by atoms with Gasteiger partial charge in [0.05, 0.1) is 5.56 Å². The lowest BCUT2D eigenvalue weighted by molar-refractivity contribution is -0.186. The van der Waals surface area contributed by atoms with Crippen molar-refractivity contribution in [3.8, 4) is 0 Å². The standard InChI is InChI=1S/C17H18FN3O3/c18-12-5-3-6-13(11-12)20-16-14(7-4-9-19-16)17(22)21-24-15-8-1-2-10-23-15/h3-7,9,11,15H,1-2,8,10H2,(H,19,20)(H,21,22). The Balaban J connectivity index is 1.67. The molecule has 1 aliphatic heterocycles. The second-order valence-corrected chi connectivity index (χ2v) is 5.38. The van der Waals surface area contributed by atoms with Crippen molar-refractivity contribution in [2.75, 3.05) is 11.9 Å². The first-order chi connectivity index (χ1) is 11.7. The van der Waals surface area contributed by atoms with E-state index in [-0.39, 0.29) is 11.4 Å². The fourth-order valence-electron chi connectivity index (χ4n) is 2.37. The minimum Gasteiger partial charge on any atom is -0.350 e. The highest BCUT2D eigenvalue weighted by Gasteiger charge is 2.18. The van der Waals surface area contributed by atoms with Crippen LogP contribution in [0, 0.1) is 5.82 Å². The Morgan fingerprint density at radius 3 is 3.00 bits per heavy atom. The number of rotatable bonds is 5. The van der Waals surface area contributed by atoms with Crippen LogP contribution in [-0.2, 0) is 9.57 Å². The third-order valence-corrected chi connectivity index (χ3v) is 3.56. The Morgan fingerprint density at radius 1 is 1.29 bits per heavy atom. The van der Waals surface area contributed by atoms with Crippen LogP contribution in [0.5, 0.6) is 0 Å². The molecule has 6 nitrogen and oxygen atoms in total. The van der Waals surface area contributed by atoms with Gasteiger partial charge in [0, 0.05) is 24.9 Å². The number of carbonyl (C=O) groups excluding carboxylic acids is 1. The van der Waals surface area contributed by atoms with Crippen LogP contribution in [0.25, 0.3) is 0 Å². The number of pyridine rings is 1. The number of ether oxygens (including phenoxy) is 1. The smallest absolute Gasteiger partial charge is 0.278 e. The monoisotopic (exact) mass is 331 g/mol. The van der Waals surface area contributed by atoms with E-state index in [1.165, 1.54) is 12.1 Å². The number of hydroxylamine groups is 1. The summed E-state index contributed by atoms with van der Waals surface area (Å²) in [6, 6.07) is 9.17. The number of aromatic nitrogens is 1. The molecule has 1 fully saturated rings. The summed E-state index contributed by atoms with van der Waals surface area (Å²) in [5.74, 6) is -0.510. The van der Waals surface area contributed by atoms with Gasteiger partial charge in [-0.05, 0) is 43.2 Å². The van der Waals surface area contributed by atoms with Gasteiger partial charge in [-0.25, -0.2) is 19.7 Å². The molecule has 2 aromatic rings. The van der Waals surface area contributed by atoms with Crippen LogP contribution in [0.15, 0.2) is 42.6 Å². The number of anilines is 2. The van der Waals surface area contributed by atoms with Crippen LogP contribution < -0.4 is 10.8 Å². The normalized spacial score (nSPS) is 17.3. The Labute approximate surface area is 138 Å². The van der Waals surface area contributed by atoms with Crippen molar-refractivity contribution < 1.29 is 18.8 Å². The van der Waals surface area contributed by atoms with E-state index >= 15 is 0 Å². The molecule has 0 bridgehead atoms. The van der Waals surface area contributed by atoms with E-state index in [0.717, 1.165) is 19.3 Å². The van der Waals surface area contributed by atoms with Gasteiger partial charge in [-0.3, -0.25) is 4.79 Å². The van der Waals surface area contributed by atoms with Gasteiger partial charge in [-0.2, -0.15) is 0 Å². The first-order valence-electron chi connectivity index (χ1n) is 7.77. The molecule has 1 saturated heterocycles. The molecule has 0 spiro atoms.